The maximum atomic E-state index is 12.8. The number of hydrogen-bond acceptors (Lipinski definition) is 3. The van der Waals surface area contributed by atoms with Gasteiger partial charge in [0, 0.05) is 19.1 Å². The molecule has 1 N–H and O–H groups in total. The Kier molecular flexibility index (Phi) is 4.62. The lowest BCUT2D eigenvalue weighted by Gasteiger charge is -2.22. The highest BCUT2D eigenvalue weighted by Gasteiger charge is 2.37. The van der Waals surface area contributed by atoms with Crippen LogP contribution in [-0.4, -0.2) is 32.4 Å². The van der Waals surface area contributed by atoms with Crippen LogP contribution in [0.25, 0.3) is 0 Å². The fourth-order valence-electron chi connectivity index (χ4n) is 2.30. The first-order valence-corrected chi connectivity index (χ1v) is 8.31. The van der Waals surface area contributed by atoms with Crippen LogP contribution in [0.1, 0.15) is 24.0 Å². The van der Waals surface area contributed by atoms with E-state index in [1.165, 1.54) is 0 Å². The molecule has 0 unspecified atom stereocenters. The first-order valence-electron chi connectivity index (χ1n) is 6.87. The molecule has 0 aliphatic heterocycles. The van der Waals surface area contributed by atoms with E-state index in [9.17, 15) is 8.42 Å². The first kappa shape index (κ1) is 15.2. The molecule has 1 aromatic carbocycles. The fraction of sp³-hybridized carbons (Fsp3) is 0.467. The van der Waals surface area contributed by atoms with Gasteiger partial charge < -0.3 is 5.32 Å². The third-order valence-corrected chi connectivity index (χ3v) is 5.54. The molecule has 4 nitrogen and oxygen atoms in total. The Morgan fingerprint density at radius 3 is 2.70 bits per heavy atom. The monoisotopic (exact) mass is 294 g/mol. The van der Waals surface area contributed by atoms with Crippen molar-refractivity contribution in [3.05, 3.63) is 42.0 Å². The van der Waals surface area contributed by atoms with E-state index in [1.54, 1.807) is 16.4 Å². The van der Waals surface area contributed by atoms with Crippen LogP contribution in [0.4, 0.5) is 0 Å². The van der Waals surface area contributed by atoms with Gasteiger partial charge in [-0.15, -0.1) is 6.58 Å². The SMILES string of the molecule is C=CCN(C1CC1)S(=O)(=O)c1cc(CNC)ccc1C. The highest BCUT2D eigenvalue weighted by Crippen LogP contribution is 2.33. The molecule has 0 bridgehead atoms. The van der Waals surface area contributed by atoms with Crippen molar-refractivity contribution < 1.29 is 8.42 Å². The maximum Gasteiger partial charge on any atom is 0.243 e. The number of sulfonamides is 1. The van der Waals surface area contributed by atoms with E-state index in [0.717, 1.165) is 24.0 Å². The lowest BCUT2D eigenvalue weighted by molar-refractivity contribution is 0.435. The molecule has 0 amide bonds. The normalized spacial score (nSPS) is 15.6. The van der Waals surface area contributed by atoms with Crippen LogP contribution < -0.4 is 5.32 Å². The Morgan fingerprint density at radius 1 is 1.45 bits per heavy atom. The molecule has 2 rings (SSSR count). The predicted molar refractivity (Wildman–Crippen MR) is 81.1 cm³/mol. The second-order valence-corrected chi connectivity index (χ2v) is 7.08. The van der Waals surface area contributed by atoms with Crippen LogP contribution in [0, 0.1) is 6.92 Å². The lowest BCUT2D eigenvalue weighted by Crippen LogP contribution is -2.33. The topological polar surface area (TPSA) is 49.4 Å². The second kappa shape index (κ2) is 6.08. The molecule has 1 aromatic rings. The van der Waals surface area contributed by atoms with Gasteiger partial charge in [0.15, 0.2) is 0 Å². The van der Waals surface area contributed by atoms with E-state index >= 15 is 0 Å². The van der Waals surface area contributed by atoms with Crippen molar-refractivity contribution in [1.82, 2.24) is 9.62 Å². The predicted octanol–water partition coefficient (Wildman–Crippen LogP) is 2.05. The van der Waals surface area contributed by atoms with Gasteiger partial charge in [0.1, 0.15) is 0 Å². The maximum absolute atomic E-state index is 12.8. The standard InChI is InChI=1S/C15H22N2O2S/c1-4-9-17(14-7-8-14)20(18,19)15-10-13(11-16-3)6-5-12(15)2/h4-6,10,14,16H,1,7-9,11H2,2-3H3. The van der Waals surface area contributed by atoms with E-state index in [1.807, 2.05) is 26.1 Å². The molecule has 5 heteroatoms. The average molecular weight is 294 g/mol. The van der Waals surface area contributed by atoms with E-state index in [4.69, 9.17) is 0 Å². The zero-order valence-corrected chi connectivity index (χ0v) is 12.9. The minimum Gasteiger partial charge on any atom is -0.316 e. The average Bonchev–Trinajstić information content (AvgIpc) is 3.22. The highest BCUT2D eigenvalue weighted by atomic mass is 32.2. The third-order valence-electron chi connectivity index (χ3n) is 3.48. The van der Waals surface area contributed by atoms with Gasteiger partial charge in [-0.25, -0.2) is 8.42 Å². The van der Waals surface area contributed by atoms with Crippen LogP contribution in [0.2, 0.25) is 0 Å². The number of benzene rings is 1. The number of hydrogen-bond donors (Lipinski definition) is 1. The Morgan fingerprint density at radius 2 is 2.15 bits per heavy atom. The van der Waals surface area contributed by atoms with Gasteiger partial charge in [0.05, 0.1) is 4.90 Å². The lowest BCUT2D eigenvalue weighted by atomic mass is 10.1. The van der Waals surface area contributed by atoms with Crippen molar-refractivity contribution in [2.45, 2.75) is 37.2 Å². The van der Waals surface area contributed by atoms with Gasteiger partial charge in [-0.3, -0.25) is 0 Å². The van der Waals surface area contributed by atoms with E-state index in [2.05, 4.69) is 11.9 Å². The molecule has 0 aromatic heterocycles. The zero-order valence-electron chi connectivity index (χ0n) is 12.1. The first-order chi connectivity index (χ1) is 9.50. The van der Waals surface area contributed by atoms with Gasteiger partial charge in [0.2, 0.25) is 10.0 Å². The third kappa shape index (κ3) is 3.11. The molecule has 0 radical (unpaired) electrons. The largest absolute Gasteiger partial charge is 0.316 e. The minimum atomic E-state index is -3.44. The minimum absolute atomic E-state index is 0.144. The molecule has 1 aliphatic carbocycles. The number of aryl methyl sites for hydroxylation is 1. The molecule has 1 saturated carbocycles. The summed E-state index contributed by atoms with van der Waals surface area (Å²) in [5.41, 5.74) is 1.77. The molecular weight excluding hydrogens is 272 g/mol. The smallest absolute Gasteiger partial charge is 0.243 e. The Bertz CT molecular complexity index is 592. The van der Waals surface area contributed by atoms with Crippen LogP contribution in [0.3, 0.4) is 0 Å². The van der Waals surface area contributed by atoms with E-state index in [0.29, 0.717) is 18.0 Å². The number of nitrogens with zero attached hydrogens (tertiary/aromatic N) is 1. The van der Waals surface area contributed by atoms with Crippen LogP contribution in [0.15, 0.2) is 35.7 Å². The van der Waals surface area contributed by atoms with E-state index in [-0.39, 0.29) is 6.04 Å². The summed E-state index contributed by atoms with van der Waals surface area (Å²) in [6.45, 7) is 6.55. The van der Waals surface area contributed by atoms with Gasteiger partial charge in [-0.05, 0) is 44.0 Å². The summed E-state index contributed by atoms with van der Waals surface area (Å²) in [7, 11) is -1.59. The number of nitrogens with one attached hydrogen (secondary N) is 1. The van der Waals surface area contributed by atoms with Crippen molar-refractivity contribution >= 4 is 10.0 Å². The summed E-state index contributed by atoms with van der Waals surface area (Å²) in [5, 5.41) is 3.05. The van der Waals surface area contributed by atoms with Crippen LogP contribution in [-0.2, 0) is 16.6 Å². The number of rotatable bonds is 7. The van der Waals surface area contributed by atoms with Crippen molar-refractivity contribution in [2.24, 2.45) is 0 Å². The summed E-state index contributed by atoms with van der Waals surface area (Å²) >= 11 is 0. The molecule has 0 saturated heterocycles. The Hall–Kier alpha value is -1.17. The molecule has 20 heavy (non-hydrogen) atoms. The quantitative estimate of drug-likeness (QED) is 0.783. The van der Waals surface area contributed by atoms with Crippen molar-refractivity contribution in [1.29, 1.82) is 0 Å². The second-order valence-electron chi connectivity index (χ2n) is 5.22. The Balaban J connectivity index is 2.41. The molecule has 1 fully saturated rings. The molecule has 0 heterocycles. The van der Waals surface area contributed by atoms with Crippen molar-refractivity contribution in [2.75, 3.05) is 13.6 Å². The van der Waals surface area contributed by atoms with Gasteiger partial charge in [-0.1, -0.05) is 18.2 Å². The summed E-state index contributed by atoms with van der Waals surface area (Å²) in [6.07, 6.45) is 3.55. The van der Waals surface area contributed by atoms with Crippen molar-refractivity contribution in [3.8, 4) is 0 Å². The summed E-state index contributed by atoms with van der Waals surface area (Å²) in [5.74, 6) is 0. The molecule has 0 atom stereocenters. The highest BCUT2D eigenvalue weighted by molar-refractivity contribution is 7.89. The summed E-state index contributed by atoms with van der Waals surface area (Å²) < 4.78 is 27.3. The van der Waals surface area contributed by atoms with Gasteiger partial charge in [0.25, 0.3) is 0 Å². The van der Waals surface area contributed by atoms with Gasteiger partial charge in [-0.2, -0.15) is 4.31 Å². The molecule has 1 aliphatic rings. The van der Waals surface area contributed by atoms with Crippen LogP contribution in [0.5, 0.6) is 0 Å². The fourth-order valence-corrected chi connectivity index (χ4v) is 4.23. The zero-order chi connectivity index (χ0) is 14.8. The Labute approximate surface area is 121 Å². The molecular formula is C15H22N2O2S. The molecule has 0 spiro atoms. The van der Waals surface area contributed by atoms with Crippen LogP contribution >= 0.6 is 0 Å². The molecule has 110 valence electrons. The van der Waals surface area contributed by atoms with Gasteiger partial charge >= 0.3 is 0 Å². The summed E-state index contributed by atoms with van der Waals surface area (Å²) in [6, 6.07) is 5.75. The summed E-state index contributed by atoms with van der Waals surface area (Å²) in [4.78, 5) is 0.416. The van der Waals surface area contributed by atoms with Crippen molar-refractivity contribution in [3.63, 3.8) is 0 Å². The van der Waals surface area contributed by atoms with E-state index < -0.39 is 10.0 Å².